The predicted octanol–water partition coefficient (Wildman–Crippen LogP) is 5.90. The molecule has 2 aromatic carbocycles. The van der Waals surface area contributed by atoms with Crippen LogP contribution in [0.5, 0.6) is 11.5 Å². The second-order valence-corrected chi connectivity index (χ2v) is 10.6. The van der Waals surface area contributed by atoms with Crippen LogP contribution in [-0.4, -0.2) is 55.5 Å². The monoisotopic (exact) mass is 522 g/mol. The molecule has 0 atom stereocenters. The van der Waals surface area contributed by atoms with Crippen molar-refractivity contribution in [3.63, 3.8) is 0 Å². The number of amides is 2. The number of ether oxygens (including phenoxy) is 2. The van der Waals surface area contributed by atoms with Crippen molar-refractivity contribution >= 4 is 23.2 Å². The van der Waals surface area contributed by atoms with E-state index in [-0.39, 0.29) is 18.4 Å². The molecule has 37 heavy (non-hydrogen) atoms. The summed E-state index contributed by atoms with van der Waals surface area (Å²) < 4.78 is 10.8. The number of hydrogen-bond donors (Lipinski definition) is 0. The number of thiophene rings is 1. The average Bonchev–Trinajstić information content (AvgIpc) is 3.32. The molecule has 0 saturated heterocycles. The topological polar surface area (TPSA) is 59.1 Å². The number of hydrogen-bond acceptors (Lipinski definition) is 5. The van der Waals surface area contributed by atoms with E-state index in [1.54, 1.807) is 30.5 Å². The van der Waals surface area contributed by atoms with Gasteiger partial charge in [-0.05, 0) is 68.7 Å². The fourth-order valence-corrected chi connectivity index (χ4v) is 5.00. The van der Waals surface area contributed by atoms with Crippen LogP contribution in [0.15, 0.2) is 54.6 Å². The highest BCUT2D eigenvalue weighted by Gasteiger charge is 2.23. The van der Waals surface area contributed by atoms with Gasteiger partial charge in [0.05, 0.1) is 20.8 Å². The van der Waals surface area contributed by atoms with E-state index in [1.807, 2.05) is 54.3 Å². The van der Waals surface area contributed by atoms with E-state index in [0.717, 1.165) is 28.8 Å². The van der Waals surface area contributed by atoms with Gasteiger partial charge in [-0.2, -0.15) is 0 Å². The highest BCUT2D eigenvalue weighted by Crippen LogP contribution is 2.28. The molecule has 3 rings (SSSR count). The molecule has 1 heterocycles. The first kappa shape index (κ1) is 28.3. The van der Waals surface area contributed by atoms with Crippen molar-refractivity contribution in [1.29, 1.82) is 0 Å². The Bertz CT molecular complexity index is 1170. The maximum atomic E-state index is 13.7. The Hall–Kier alpha value is -3.32. The van der Waals surface area contributed by atoms with Crippen LogP contribution in [0.25, 0.3) is 0 Å². The summed E-state index contributed by atoms with van der Waals surface area (Å²) in [5, 5.41) is 0. The molecule has 3 aromatic rings. The maximum Gasteiger partial charge on any atom is 0.254 e. The van der Waals surface area contributed by atoms with Gasteiger partial charge in [0.1, 0.15) is 6.54 Å². The summed E-state index contributed by atoms with van der Waals surface area (Å²) >= 11 is 1.69. The summed E-state index contributed by atoms with van der Waals surface area (Å²) in [4.78, 5) is 32.9. The molecule has 198 valence electrons. The number of carbonyl (C=O) groups is 2. The summed E-state index contributed by atoms with van der Waals surface area (Å²) in [5.41, 5.74) is 2.76. The van der Waals surface area contributed by atoms with Crippen LogP contribution < -0.4 is 9.47 Å². The second kappa shape index (κ2) is 13.8. The molecule has 0 fully saturated rings. The molecule has 0 bridgehead atoms. The van der Waals surface area contributed by atoms with Gasteiger partial charge in [0, 0.05) is 28.4 Å². The molecule has 0 spiro atoms. The molecule has 0 aliphatic carbocycles. The lowest BCUT2D eigenvalue weighted by Gasteiger charge is -2.28. The highest BCUT2D eigenvalue weighted by atomic mass is 32.1. The fraction of sp³-hybridized carbons (Fsp3) is 0.400. The first-order chi connectivity index (χ1) is 17.8. The van der Waals surface area contributed by atoms with Gasteiger partial charge in [-0.3, -0.25) is 9.59 Å². The molecule has 0 radical (unpaired) electrons. The minimum absolute atomic E-state index is 0.0527. The number of unbranched alkanes of at least 4 members (excludes halogenated alkanes) is 1. The predicted molar refractivity (Wildman–Crippen MR) is 150 cm³/mol. The van der Waals surface area contributed by atoms with Crippen molar-refractivity contribution in [1.82, 2.24) is 9.80 Å². The number of carbonyl (C=O) groups excluding carboxylic acids is 2. The van der Waals surface area contributed by atoms with Crippen LogP contribution in [0.3, 0.4) is 0 Å². The molecule has 7 heteroatoms. The molecular weight excluding hydrogens is 484 g/mol. The highest BCUT2D eigenvalue weighted by molar-refractivity contribution is 7.11. The van der Waals surface area contributed by atoms with Crippen molar-refractivity contribution in [2.45, 2.75) is 46.6 Å². The van der Waals surface area contributed by atoms with Crippen LogP contribution in [0.4, 0.5) is 0 Å². The van der Waals surface area contributed by atoms with Gasteiger partial charge in [-0.15, -0.1) is 11.3 Å². The molecule has 6 nitrogen and oxygen atoms in total. The van der Waals surface area contributed by atoms with Crippen LogP contribution in [0.1, 0.15) is 51.0 Å². The van der Waals surface area contributed by atoms with Gasteiger partial charge >= 0.3 is 0 Å². The zero-order chi connectivity index (χ0) is 26.8. The molecule has 0 N–H and O–H groups in total. The zero-order valence-corrected chi connectivity index (χ0v) is 23.4. The smallest absolute Gasteiger partial charge is 0.254 e. The zero-order valence-electron chi connectivity index (χ0n) is 22.6. The number of methoxy groups -OCH3 is 2. The van der Waals surface area contributed by atoms with Crippen molar-refractivity contribution in [3.05, 3.63) is 81.0 Å². The lowest BCUT2D eigenvalue weighted by molar-refractivity contribution is -0.132. The van der Waals surface area contributed by atoms with Gasteiger partial charge in [-0.25, -0.2) is 0 Å². The van der Waals surface area contributed by atoms with E-state index >= 15 is 0 Å². The van der Waals surface area contributed by atoms with Gasteiger partial charge in [0.25, 0.3) is 5.91 Å². The third-order valence-corrected chi connectivity index (χ3v) is 7.29. The van der Waals surface area contributed by atoms with Crippen LogP contribution in [0, 0.1) is 13.8 Å². The van der Waals surface area contributed by atoms with E-state index in [4.69, 9.17) is 9.47 Å². The molecule has 0 unspecified atom stereocenters. The summed E-state index contributed by atoms with van der Waals surface area (Å²) in [5.74, 6) is 1.19. The maximum absolute atomic E-state index is 13.7. The van der Waals surface area contributed by atoms with E-state index in [1.165, 1.54) is 4.88 Å². The Morgan fingerprint density at radius 3 is 2.22 bits per heavy atom. The number of nitrogens with zero attached hydrogens (tertiary/aromatic N) is 2. The average molecular weight is 523 g/mol. The van der Waals surface area contributed by atoms with Crippen molar-refractivity contribution in [3.8, 4) is 11.5 Å². The molecule has 1 aromatic heterocycles. The normalized spacial score (nSPS) is 10.7. The summed E-state index contributed by atoms with van der Waals surface area (Å²) in [6, 6.07) is 17.5. The Balaban J connectivity index is 1.78. The lowest BCUT2D eigenvalue weighted by atomic mass is 10.1. The summed E-state index contributed by atoms with van der Waals surface area (Å²) in [6.07, 6.45) is 2.46. The number of rotatable bonds is 13. The van der Waals surface area contributed by atoms with E-state index in [0.29, 0.717) is 43.1 Å². The molecular formula is C30H38N2O4S. The van der Waals surface area contributed by atoms with Crippen molar-refractivity contribution < 1.29 is 19.1 Å². The van der Waals surface area contributed by atoms with Gasteiger partial charge in [0.15, 0.2) is 11.5 Å². The lowest BCUT2D eigenvalue weighted by Crippen LogP contribution is -2.43. The third-order valence-electron chi connectivity index (χ3n) is 6.31. The molecule has 0 aliphatic rings. The van der Waals surface area contributed by atoms with E-state index < -0.39 is 0 Å². The SMILES string of the molecule is CCCCN(CC(=O)N(CCc1ccc(OC)c(OC)c1)Cc1ccc(C)s1)C(=O)c1ccc(C)cc1. The fourth-order valence-electron chi connectivity index (χ4n) is 4.09. The number of aryl methyl sites for hydroxylation is 2. The van der Waals surface area contributed by atoms with Gasteiger partial charge < -0.3 is 19.3 Å². The quantitative estimate of drug-likeness (QED) is 0.281. The molecule has 0 aliphatic heterocycles. The molecule has 0 saturated carbocycles. The van der Waals surface area contributed by atoms with Crippen LogP contribution >= 0.6 is 11.3 Å². The van der Waals surface area contributed by atoms with Gasteiger partial charge in [-0.1, -0.05) is 37.1 Å². The minimum Gasteiger partial charge on any atom is -0.493 e. The third kappa shape index (κ3) is 8.09. The first-order valence-corrected chi connectivity index (χ1v) is 13.6. The molecule has 2 amide bonds. The summed E-state index contributed by atoms with van der Waals surface area (Å²) in [6.45, 7) is 7.81. The van der Waals surface area contributed by atoms with Crippen molar-refractivity contribution in [2.75, 3.05) is 33.9 Å². The Labute approximate surface area is 224 Å². The van der Waals surface area contributed by atoms with E-state index in [9.17, 15) is 9.59 Å². The number of benzene rings is 2. The van der Waals surface area contributed by atoms with E-state index in [2.05, 4.69) is 26.0 Å². The first-order valence-electron chi connectivity index (χ1n) is 12.7. The Morgan fingerprint density at radius 2 is 1.59 bits per heavy atom. The summed E-state index contributed by atoms with van der Waals surface area (Å²) in [7, 11) is 3.23. The minimum atomic E-state index is -0.103. The largest absolute Gasteiger partial charge is 0.493 e. The van der Waals surface area contributed by atoms with Gasteiger partial charge in [0.2, 0.25) is 5.91 Å². The Morgan fingerprint density at radius 1 is 0.865 bits per heavy atom. The second-order valence-electron chi connectivity index (χ2n) is 9.21. The standard InChI is InChI=1S/C30H38N2O4S/c1-6-7-17-32(30(34)25-12-8-22(2)9-13-25)21-29(33)31(20-26-14-10-23(3)37-26)18-16-24-11-15-27(35-4)28(19-24)36-5/h8-15,19H,6-7,16-18,20-21H2,1-5H3. The van der Waals surface area contributed by atoms with Crippen LogP contribution in [-0.2, 0) is 17.8 Å². The van der Waals surface area contributed by atoms with Crippen LogP contribution in [0.2, 0.25) is 0 Å². The Kier molecular flexibility index (Phi) is 10.6. The van der Waals surface area contributed by atoms with Crippen molar-refractivity contribution in [2.24, 2.45) is 0 Å².